The second-order valence-corrected chi connectivity index (χ2v) is 9.41. The predicted octanol–water partition coefficient (Wildman–Crippen LogP) is 3.04. The lowest BCUT2D eigenvalue weighted by Crippen LogP contribution is -2.39. The first-order valence-electron chi connectivity index (χ1n) is 10.5. The van der Waals surface area contributed by atoms with Crippen molar-refractivity contribution >= 4 is 27.3 Å². The Morgan fingerprint density at radius 3 is 2.46 bits per heavy atom. The number of rotatable bonds is 7. The number of phenols is 1. The number of ether oxygens (including phenoxy) is 2. The van der Waals surface area contributed by atoms with Crippen LogP contribution in [0.4, 0.5) is 10.1 Å². The van der Waals surface area contributed by atoms with Gasteiger partial charge in [0.05, 0.1) is 16.3 Å². The predicted molar refractivity (Wildman–Crippen MR) is 127 cm³/mol. The number of fused-ring (bicyclic) bond motifs is 1. The Kier molecular flexibility index (Phi) is 6.87. The van der Waals surface area contributed by atoms with Gasteiger partial charge in [-0.1, -0.05) is 12.1 Å². The SMILES string of the molecule is C/C(=N/NC(=O)CN(c1ccc(F)cc1)S(=O)(=O)c1ccc2c(c1)OCCO2)c1ccccc1O. The molecule has 9 nitrogen and oxygen atoms in total. The van der Waals surface area contributed by atoms with Crippen LogP contribution in [0.2, 0.25) is 0 Å². The molecule has 1 aliphatic rings. The van der Waals surface area contributed by atoms with Crippen LogP contribution in [0.15, 0.2) is 76.7 Å². The van der Waals surface area contributed by atoms with Crippen molar-refractivity contribution in [3.8, 4) is 17.2 Å². The van der Waals surface area contributed by atoms with E-state index in [4.69, 9.17) is 9.47 Å². The van der Waals surface area contributed by atoms with Crippen LogP contribution in [-0.2, 0) is 14.8 Å². The van der Waals surface area contributed by atoms with Gasteiger partial charge < -0.3 is 14.6 Å². The number of hydrogen-bond acceptors (Lipinski definition) is 7. The van der Waals surface area contributed by atoms with E-state index in [9.17, 15) is 22.7 Å². The molecule has 35 heavy (non-hydrogen) atoms. The normalized spacial score (nSPS) is 13.3. The molecule has 0 aromatic heterocycles. The highest BCUT2D eigenvalue weighted by Crippen LogP contribution is 2.34. The molecule has 1 heterocycles. The van der Waals surface area contributed by atoms with Gasteiger partial charge in [0.2, 0.25) is 0 Å². The maximum absolute atomic E-state index is 13.5. The average Bonchev–Trinajstić information content (AvgIpc) is 2.86. The van der Waals surface area contributed by atoms with Crippen molar-refractivity contribution < 1.29 is 32.2 Å². The minimum atomic E-state index is -4.27. The lowest BCUT2D eigenvalue weighted by Gasteiger charge is -2.25. The maximum atomic E-state index is 13.5. The molecule has 0 radical (unpaired) electrons. The summed E-state index contributed by atoms with van der Waals surface area (Å²) in [5.41, 5.74) is 3.12. The second kappa shape index (κ2) is 10.0. The molecule has 2 N–H and O–H groups in total. The Hall–Kier alpha value is -4.12. The lowest BCUT2D eigenvalue weighted by molar-refractivity contribution is -0.119. The van der Waals surface area contributed by atoms with Gasteiger partial charge in [0, 0.05) is 11.6 Å². The van der Waals surface area contributed by atoms with E-state index in [0.717, 1.165) is 16.4 Å². The molecule has 0 atom stereocenters. The Morgan fingerprint density at radius 1 is 1.06 bits per heavy atom. The molecule has 4 rings (SSSR count). The molecule has 0 unspecified atom stereocenters. The number of amides is 1. The Morgan fingerprint density at radius 2 is 1.74 bits per heavy atom. The molecule has 0 bridgehead atoms. The van der Waals surface area contributed by atoms with Crippen molar-refractivity contribution in [2.45, 2.75) is 11.8 Å². The fourth-order valence-electron chi connectivity index (χ4n) is 3.39. The summed E-state index contributed by atoms with van der Waals surface area (Å²) < 4.78 is 52.3. The fourth-order valence-corrected chi connectivity index (χ4v) is 4.82. The number of nitrogens with zero attached hydrogens (tertiary/aromatic N) is 2. The van der Waals surface area contributed by atoms with Crippen molar-refractivity contribution in [2.75, 3.05) is 24.1 Å². The van der Waals surface area contributed by atoms with E-state index < -0.39 is 28.3 Å². The maximum Gasteiger partial charge on any atom is 0.264 e. The number of carbonyl (C=O) groups excluding carboxylic acids is 1. The first-order valence-corrected chi connectivity index (χ1v) is 12.0. The zero-order valence-corrected chi connectivity index (χ0v) is 19.5. The van der Waals surface area contributed by atoms with Crippen LogP contribution >= 0.6 is 0 Å². The number of phenolic OH excluding ortho intramolecular Hbond substituents is 1. The van der Waals surface area contributed by atoms with Gasteiger partial charge in [-0.25, -0.2) is 18.2 Å². The van der Waals surface area contributed by atoms with Crippen molar-refractivity contribution in [3.63, 3.8) is 0 Å². The average molecular weight is 500 g/mol. The minimum absolute atomic E-state index is 0.0166. The molecule has 182 valence electrons. The summed E-state index contributed by atoms with van der Waals surface area (Å²) in [6.45, 7) is 1.57. The number of para-hydroxylation sites is 1. The number of halogens is 1. The highest BCUT2D eigenvalue weighted by atomic mass is 32.2. The Bertz CT molecular complexity index is 1380. The first-order chi connectivity index (χ1) is 16.8. The third-order valence-electron chi connectivity index (χ3n) is 5.15. The van der Waals surface area contributed by atoms with Crippen molar-refractivity contribution in [1.82, 2.24) is 5.43 Å². The van der Waals surface area contributed by atoms with Gasteiger partial charge in [-0.2, -0.15) is 5.10 Å². The molecule has 3 aromatic carbocycles. The molecule has 3 aromatic rings. The van der Waals surface area contributed by atoms with Gasteiger partial charge >= 0.3 is 0 Å². The van der Waals surface area contributed by atoms with Crippen molar-refractivity contribution in [2.24, 2.45) is 5.10 Å². The fraction of sp³-hybridized carbons (Fsp3) is 0.167. The monoisotopic (exact) mass is 499 g/mol. The first kappa shape index (κ1) is 24.0. The molecular weight excluding hydrogens is 477 g/mol. The van der Waals surface area contributed by atoms with E-state index in [1.165, 1.54) is 36.4 Å². The number of nitrogens with one attached hydrogen (secondary N) is 1. The Balaban J connectivity index is 1.62. The lowest BCUT2D eigenvalue weighted by atomic mass is 10.1. The van der Waals surface area contributed by atoms with Crippen LogP contribution in [0.25, 0.3) is 0 Å². The summed E-state index contributed by atoms with van der Waals surface area (Å²) in [5.74, 6) is -0.640. The number of hydrazone groups is 1. The quantitative estimate of drug-likeness (QED) is 0.381. The zero-order chi connectivity index (χ0) is 25.0. The van der Waals surface area contributed by atoms with Crippen LogP contribution in [0.5, 0.6) is 17.2 Å². The largest absolute Gasteiger partial charge is 0.507 e. The van der Waals surface area contributed by atoms with E-state index >= 15 is 0 Å². The van der Waals surface area contributed by atoms with Gasteiger partial charge in [-0.3, -0.25) is 9.10 Å². The van der Waals surface area contributed by atoms with Crippen molar-refractivity contribution in [1.29, 1.82) is 0 Å². The molecule has 0 aliphatic carbocycles. The van der Waals surface area contributed by atoms with E-state index in [-0.39, 0.29) is 28.7 Å². The van der Waals surface area contributed by atoms with Crippen LogP contribution in [0.1, 0.15) is 12.5 Å². The van der Waals surface area contributed by atoms with E-state index in [1.54, 1.807) is 25.1 Å². The molecule has 0 fully saturated rings. The summed E-state index contributed by atoms with van der Waals surface area (Å²) in [5, 5.41) is 13.9. The summed E-state index contributed by atoms with van der Waals surface area (Å²) in [4.78, 5) is 12.6. The standard InChI is InChI=1S/C24H22FN3O6S/c1-16(20-4-2-3-5-21(20)29)26-27-24(30)15-28(18-8-6-17(25)7-9-18)35(31,32)19-10-11-22-23(14-19)34-13-12-33-22/h2-11,14,29H,12-13,15H2,1H3,(H,27,30)/b26-16-. The molecule has 0 spiro atoms. The molecule has 11 heteroatoms. The summed E-state index contributed by atoms with van der Waals surface area (Å²) in [6, 6.07) is 15.3. The highest BCUT2D eigenvalue weighted by Gasteiger charge is 2.29. The van der Waals surface area contributed by atoms with Gasteiger partial charge in [-0.05, 0) is 55.5 Å². The smallest absolute Gasteiger partial charge is 0.264 e. The zero-order valence-electron chi connectivity index (χ0n) is 18.6. The summed E-state index contributed by atoms with van der Waals surface area (Å²) in [6.07, 6.45) is 0. The number of sulfonamides is 1. The third kappa shape index (κ3) is 5.35. The number of anilines is 1. The van der Waals surface area contributed by atoms with Crippen molar-refractivity contribution in [3.05, 3.63) is 78.1 Å². The van der Waals surface area contributed by atoms with E-state index in [2.05, 4.69) is 10.5 Å². The van der Waals surface area contributed by atoms with E-state index in [0.29, 0.717) is 23.6 Å². The van der Waals surface area contributed by atoms with Gasteiger partial charge in [0.1, 0.15) is 31.3 Å². The minimum Gasteiger partial charge on any atom is -0.507 e. The number of carbonyl (C=O) groups is 1. The molecule has 0 saturated heterocycles. The Labute approximate surface area is 201 Å². The van der Waals surface area contributed by atoms with Crippen LogP contribution in [0, 0.1) is 5.82 Å². The number of aromatic hydroxyl groups is 1. The highest BCUT2D eigenvalue weighted by molar-refractivity contribution is 7.92. The number of benzene rings is 3. The van der Waals surface area contributed by atoms with E-state index in [1.807, 2.05) is 0 Å². The second-order valence-electron chi connectivity index (χ2n) is 7.54. The van der Waals surface area contributed by atoms with Crippen LogP contribution in [-0.4, -0.2) is 44.9 Å². The number of hydrogen-bond donors (Lipinski definition) is 2. The van der Waals surface area contributed by atoms with Gasteiger partial charge in [0.25, 0.3) is 15.9 Å². The molecule has 1 amide bonds. The molecular formula is C24H22FN3O6S. The van der Waals surface area contributed by atoms with Gasteiger partial charge in [-0.15, -0.1) is 0 Å². The van der Waals surface area contributed by atoms with Crippen LogP contribution in [0.3, 0.4) is 0 Å². The summed E-state index contributed by atoms with van der Waals surface area (Å²) in [7, 11) is -4.27. The van der Waals surface area contributed by atoms with Crippen LogP contribution < -0.4 is 19.2 Å². The topological polar surface area (TPSA) is 118 Å². The third-order valence-corrected chi connectivity index (χ3v) is 6.92. The summed E-state index contributed by atoms with van der Waals surface area (Å²) >= 11 is 0. The molecule has 1 aliphatic heterocycles. The van der Waals surface area contributed by atoms with Gasteiger partial charge in [0.15, 0.2) is 11.5 Å². The molecule has 0 saturated carbocycles.